The number of amides is 1. The van der Waals surface area contributed by atoms with Gasteiger partial charge in [-0.2, -0.15) is 0 Å². The number of halogens is 2. The molecular formula is C24H21Cl2NO3. The van der Waals surface area contributed by atoms with Crippen LogP contribution in [-0.2, 0) is 0 Å². The van der Waals surface area contributed by atoms with Crippen LogP contribution in [0.25, 0.3) is 0 Å². The molecule has 0 radical (unpaired) electrons. The van der Waals surface area contributed by atoms with Crippen LogP contribution in [0.2, 0.25) is 10.0 Å². The van der Waals surface area contributed by atoms with E-state index in [1.54, 1.807) is 48.5 Å². The molecule has 3 rings (SSSR count). The molecule has 0 aromatic heterocycles. The summed E-state index contributed by atoms with van der Waals surface area (Å²) in [7, 11) is 0. The summed E-state index contributed by atoms with van der Waals surface area (Å²) in [6.45, 7) is 2.00. The van der Waals surface area contributed by atoms with Crippen LogP contribution in [0.4, 0.5) is 5.69 Å². The number of benzene rings is 3. The predicted octanol–water partition coefficient (Wildman–Crippen LogP) is 6.68. The number of rotatable bonds is 8. The summed E-state index contributed by atoms with van der Waals surface area (Å²) in [6, 6.07) is 20.7. The van der Waals surface area contributed by atoms with Crippen molar-refractivity contribution >= 4 is 40.6 Å². The third-order valence-electron chi connectivity index (χ3n) is 4.45. The molecule has 1 atom stereocenters. The Hall–Kier alpha value is -2.82. The van der Waals surface area contributed by atoms with E-state index in [0.717, 1.165) is 6.42 Å². The maximum absolute atomic E-state index is 12.8. The Morgan fingerprint density at radius 3 is 2.37 bits per heavy atom. The Morgan fingerprint density at radius 2 is 1.67 bits per heavy atom. The number of carbonyl (C=O) groups excluding carboxylic acids is 2. The maximum atomic E-state index is 12.8. The highest BCUT2D eigenvalue weighted by Crippen LogP contribution is 2.25. The van der Waals surface area contributed by atoms with Gasteiger partial charge in [-0.1, -0.05) is 72.9 Å². The fourth-order valence-electron chi connectivity index (χ4n) is 2.95. The molecule has 1 N–H and O–H groups in total. The minimum atomic E-state index is -0.599. The number of anilines is 1. The average Bonchev–Trinajstić information content (AvgIpc) is 2.75. The van der Waals surface area contributed by atoms with Gasteiger partial charge in [0.2, 0.25) is 5.78 Å². The van der Waals surface area contributed by atoms with Gasteiger partial charge in [0.05, 0.1) is 10.0 Å². The molecule has 3 aromatic carbocycles. The first-order valence-corrected chi connectivity index (χ1v) is 10.4. The third-order valence-corrected chi connectivity index (χ3v) is 5.19. The van der Waals surface area contributed by atoms with Crippen molar-refractivity contribution in [1.82, 2.24) is 0 Å². The molecule has 0 saturated heterocycles. The van der Waals surface area contributed by atoms with E-state index >= 15 is 0 Å². The number of ether oxygens (including phenoxy) is 1. The van der Waals surface area contributed by atoms with Crippen LogP contribution in [0.15, 0.2) is 72.8 Å². The standard InChI is InChI=1S/C24H21Cl2NO3/c1-2-7-22(23(28)16-8-4-3-5-9-16)30-19-11-6-10-18(15-19)27-24(29)17-12-13-20(25)21(26)14-17/h3-6,8-15,22H,2,7H2,1H3,(H,27,29). The van der Waals surface area contributed by atoms with Crippen molar-refractivity contribution in [3.63, 3.8) is 0 Å². The van der Waals surface area contributed by atoms with E-state index in [1.807, 2.05) is 25.1 Å². The molecule has 1 amide bonds. The number of hydrogen-bond donors (Lipinski definition) is 1. The average molecular weight is 442 g/mol. The summed E-state index contributed by atoms with van der Waals surface area (Å²) in [5.74, 6) is 0.114. The van der Waals surface area contributed by atoms with Crippen LogP contribution in [0.1, 0.15) is 40.5 Å². The first kappa shape index (κ1) is 21.9. The number of hydrogen-bond acceptors (Lipinski definition) is 3. The van der Waals surface area contributed by atoms with Gasteiger partial charge in [-0.05, 0) is 36.8 Å². The second kappa shape index (κ2) is 10.3. The number of nitrogens with one attached hydrogen (secondary N) is 1. The van der Waals surface area contributed by atoms with Crippen LogP contribution in [0.5, 0.6) is 5.75 Å². The molecule has 6 heteroatoms. The molecule has 0 fully saturated rings. The number of Topliss-reactive ketones (excluding diaryl/α,β-unsaturated/α-hetero) is 1. The second-order valence-corrected chi connectivity index (χ2v) is 7.55. The molecule has 4 nitrogen and oxygen atoms in total. The van der Waals surface area contributed by atoms with Gasteiger partial charge < -0.3 is 10.1 Å². The van der Waals surface area contributed by atoms with Crippen molar-refractivity contribution < 1.29 is 14.3 Å². The van der Waals surface area contributed by atoms with E-state index in [9.17, 15) is 9.59 Å². The lowest BCUT2D eigenvalue weighted by Crippen LogP contribution is -2.27. The zero-order valence-corrected chi connectivity index (χ0v) is 17.9. The number of ketones is 1. The smallest absolute Gasteiger partial charge is 0.255 e. The summed E-state index contributed by atoms with van der Waals surface area (Å²) in [5, 5.41) is 3.50. The van der Waals surface area contributed by atoms with Gasteiger partial charge in [-0.25, -0.2) is 0 Å². The molecule has 0 spiro atoms. The predicted molar refractivity (Wildman–Crippen MR) is 121 cm³/mol. The van der Waals surface area contributed by atoms with Crippen LogP contribution >= 0.6 is 23.2 Å². The topological polar surface area (TPSA) is 55.4 Å². The Labute approximate surface area is 185 Å². The van der Waals surface area contributed by atoms with Gasteiger partial charge in [0.15, 0.2) is 6.10 Å². The zero-order valence-electron chi connectivity index (χ0n) is 16.4. The summed E-state index contributed by atoms with van der Waals surface area (Å²) in [5.41, 5.74) is 1.55. The van der Waals surface area contributed by atoms with Gasteiger partial charge >= 0.3 is 0 Å². The van der Waals surface area contributed by atoms with Crippen molar-refractivity contribution in [3.05, 3.63) is 94.0 Å². The lowest BCUT2D eigenvalue weighted by Gasteiger charge is -2.18. The monoisotopic (exact) mass is 441 g/mol. The van der Waals surface area contributed by atoms with Crippen molar-refractivity contribution in [3.8, 4) is 5.75 Å². The van der Waals surface area contributed by atoms with E-state index in [2.05, 4.69) is 5.32 Å². The maximum Gasteiger partial charge on any atom is 0.255 e. The second-order valence-electron chi connectivity index (χ2n) is 6.74. The molecule has 0 aliphatic rings. The molecule has 0 aliphatic carbocycles. The van der Waals surface area contributed by atoms with Gasteiger partial charge in [-0.15, -0.1) is 0 Å². The van der Waals surface area contributed by atoms with Crippen molar-refractivity contribution in [1.29, 1.82) is 0 Å². The normalized spacial score (nSPS) is 11.6. The van der Waals surface area contributed by atoms with E-state index in [0.29, 0.717) is 39.0 Å². The highest BCUT2D eigenvalue weighted by atomic mass is 35.5. The molecule has 30 heavy (non-hydrogen) atoms. The fraction of sp³-hybridized carbons (Fsp3) is 0.167. The van der Waals surface area contributed by atoms with E-state index in [1.165, 1.54) is 6.07 Å². The van der Waals surface area contributed by atoms with E-state index < -0.39 is 6.10 Å². The molecule has 154 valence electrons. The summed E-state index contributed by atoms with van der Waals surface area (Å²) in [4.78, 5) is 25.3. The van der Waals surface area contributed by atoms with Crippen LogP contribution in [-0.4, -0.2) is 17.8 Å². The Bertz CT molecular complexity index is 1040. The Kier molecular flexibility index (Phi) is 7.50. The molecule has 0 heterocycles. The van der Waals surface area contributed by atoms with Gasteiger partial charge in [0.25, 0.3) is 5.91 Å². The summed E-state index contributed by atoms with van der Waals surface area (Å²) in [6.07, 6.45) is 0.795. The molecule has 0 bridgehead atoms. The first-order chi connectivity index (χ1) is 14.5. The number of carbonyl (C=O) groups is 2. The van der Waals surface area contributed by atoms with Gasteiger partial charge in [0, 0.05) is 22.9 Å². The summed E-state index contributed by atoms with van der Waals surface area (Å²) >= 11 is 11.9. The van der Waals surface area contributed by atoms with Crippen LogP contribution in [0, 0.1) is 0 Å². The van der Waals surface area contributed by atoms with Gasteiger partial charge in [0.1, 0.15) is 5.75 Å². The minimum absolute atomic E-state index is 0.0669. The molecule has 3 aromatic rings. The van der Waals surface area contributed by atoms with Crippen molar-refractivity contribution in [2.75, 3.05) is 5.32 Å². The molecular weight excluding hydrogens is 421 g/mol. The quantitative estimate of drug-likeness (QED) is 0.396. The highest BCUT2D eigenvalue weighted by Gasteiger charge is 2.21. The molecule has 0 saturated carbocycles. The lowest BCUT2D eigenvalue weighted by atomic mass is 10.0. The minimum Gasteiger partial charge on any atom is -0.482 e. The Morgan fingerprint density at radius 1 is 0.900 bits per heavy atom. The highest BCUT2D eigenvalue weighted by molar-refractivity contribution is 6.42. The first-order valence-electron chi connectivity index (χ1n) is 9.60. The van der Waals surface area contributed by atoms with Crippen LogP contribution < -0.4 is 10.1 Å². The lowest BCUT2D eigenvalue weighted by molar-refractivity contribution is 0.0777. The molecule has 1 unspecified atom stereocenters. The van der Waals surface area contributed by atoms with E-state index in [-0.39, 0.29) is 11.7 Å². The zero-order chi connectivity index (χ0) is 21.5. The molecule has 0 aliphatic heterocycles. The third kappa shape index (κ3) is 5.62. The van der Waals surface area contributed by atoms with Crippen LogP contribution in [0.3, 0.4) is 0 Å². The SMILES string of the molecule is CCCC(Oc1cccc(NC(=O)c2ccc(Cl)c(Cl)c2)c1)C(=O)c1ccccc1. The largest absolute Gasteiger partial charge is 0.482 e. The Balaban J connectivity index is 1.74. The fourth-order valence-corrected chi connectivity index (χ4v) is 3.24. The van der Waals surface area contributed by atoms with Crippen molar-refractivity contribution in [2.24, 2.45) is 0 Å². The summed E-state index contributed by atoms with van der Waals surface area (Å²) < 4.78 is 5.99. The van der Waals surface area contributed by atoms with Gasteiger partial charge in [-0.3, -0.25) is 9.59 Å². The van der Waals surface area contributed by atoms with Crippen molar-refractivity contribution in [2.45, 2.75) is 25.9 Å². The van der Waals surface area contributed by atoms with E-state index in [4.69, 9.17) is 27.9 Å².